The summed E-state index contributed by atoms with van der Waals surface area (Å²) in [5.41, 5.74) is 6.24. The summed E-state index contributed by atoms with van der Waals surface area (Å²) in [5, 5.41) is 0. The van der Waals surface area contributed by atoms with Gasteiger partial charge in [0.05, 0.1) is 0 Å². The van der Waals surface area contributed by atoms with Crippen LogP contribution in [0.5, 0.6) is 5.75 Å². The second-order valence-corrected chi connectivity index (χ2v) is 3.59. The first-order valence-corrected chi connectivity index (χ1v) is 4.51. The molecule has 0 spiro atoms. The monoisotopic (exact) mass is 173 g/mol. The normalized spacial score (nSPS) is 19.2. The Kier molecular flexibility index (Phi) is 2.04. The summed E-state index contributed by atoms with van der Waals surface area (Å²) in [4.78, 5) is 0. The molecule has 2 rings (SSSR count). The molecule has 3 heteroatoms. The number of rotatable bonds is 2. The highest BCUT2D eigenvalue weighted by atomic mass is 16.5. The van der Waals surface area contributed by atoms with E-state index in [9.17, 15) is 0 Å². The predicted octanol–water partition coefficient (Wildman–Crippen LogP) is 0.698. The molecule has 0 unspecified atom stereocenters. The minimum Gasteiger partial charge on any atom is -0.473 e. The van der Waals surface area contributed by atoms with E-state index in [1.54, 1.807) is 0 Å². The molecule has 1 aliphatic rings. The Bertz CT molecular complexity index is 292. The van der Waals surface area contributed by atoms with Gasteiger partial charge in [-0.1, -0.05) is 17.6 Å². The van der Waals surface area contributed by atoms with Gasteiger partial charge >= 0.3 is 0 Å². The molecule has 13 heavy (non-hydrogen) atoms. The predicted molar refractivity (Wildman–Crippen MR) is 53.2 cm³/mol. The topological polar surface area (TPSA) is 35.2 Å². The molecule has 0 atom stereocenters. The fourth-order valence-electron chi connectivity index (χ4n) is 1.40. The lowest BCUT2D eigenvalue weighted by Crippen LogP contribution is -2.51. The Morgan fingerprint density at radius 3 is 2.31 bits per heavy atom. The highest BCUT2D eigenvalue weighted by Crippen LogP contribution is 2.31. The van der Waals surface area contributed by atoms with Crippen LogP contribution >= 0.6 is 0 Å². The second-order valence-electron chi connectivity index (χ2n) is 3.59. The third-order valence-corrected chi connectivity index (χ3v) is 2.40. The molecule has 2 nitrogen and oxygen atoms in total. The van der Waals surface area contributed by atoms with Crippen molar-refractivity contribution in [3.8, 4) is 5.75 Å². The second kappa shape index (κ2) is 3.07. The lowest BCUT2D eigenvalue weighted by Gasteiger charge is -2.38. The smallest absolute Gasteiger partial charge is 0.158 e. The SMILES string of the molecule is [B]c1ccc(OC2(N)CCC2)cc1. The summed E-state index contributed by atoms with van der Waals surface area (Å²) < 4.78 is 5.62. The van der Waals surface area contributed by atoms with Crippen LogP contribution in [0.4, 0.5) is 0 Å². The third-order valence-electron chi connectivity index (χ3n) is 2.40. The molecule has 1 fully saturated rings. The van der Waals surface area contributed by atoms with Crippen LogP contribution in [0.15, 0.2) is 24.3 Å². The van der Waals surface area contributed by atoms with Crippen LogP contribution in [-0.4, -0.2) is 13.6 Å². The van der Waals surface area contributed by atoms with Crippen LogP contribution in [-0.2, 0) is 0 Å². The molecule has 1 aromatic carbocycles. The van der Waals surface area contributed by atoms with Crippen LogP contribution in [0.2, 0.25) is 0 Å². The lowest BCUT2D eigenvalue weighted by atomic mass is 9.89. The summed E-state index contributed by atoms with van der Waals surface area (Å²) in [7, 11) is 5.55. The van der Waals surface area contributed by atoms with E-state index >= 15 is 0 Å². The number of hydrogen-bond donors (Lipinski definition) is 1. The summed E-state index contributed by atoms with van der Waals surface area (Å²) >= 11 is 0. The molecule has 1 saturated carbocycles. The molecule has 1 aromatic rings. The fraction of sp³-hybridized carbons (Fsp3) is 0.400. The Morgan fingerprint density at radius 1 is 1.23 bits per heavy atom. The summed E-state index contributed by atoms with van der Waals surface area (Å²) in [6.45, 7) is 0. The van der Waals surface area contributed by atoms with E-state index in [0.29, 0.717) is 0 Å². The van der Waals surface area contributed by atoms with Crippen molar-refractivity contribution in [1.82, 2.24) is 0 Å². The maximum Gasteiger partial charge on any atom is 0.158 e. The summed E-state index contributed by atoms with van der Waals surface area (Å²) in [6.07, 6.45) is 3.04. The molecular weight excluding hydrogens is 161 g/mol. The maximum atomic E-state index is 5.92. The van der Waals surface area contributed by atoms with Crippen molar-refractivity contribution in [2.24, 2.45) is 5.73 Å². The molecule has 0 amide bonds. The minimum absolute atomic E-state index is 0.421. The van der Waals surface area contributed by atoms with E-state index in [1.807, 2.05) is 24.3 Å². The summed E-state index contributed by atoms with van der Waals surface area (Å²) in [5.74, 6) is 0.802. The lowest BCUT2D eigenvalue weighted by molar-refractivity contribution is -0.000891. The first-order chi connectivity index (χ1) is 6.18. The molecule has 2 N–H and O–H groups in total. The molecular formula is C10H12BNO. The zero-order chi connectivity index (χ0) is 9.31. The largest absolute Gasteiger partial charge is 0.473 e. The van der Waals surface area contributed by atoms with E-state index in [0.717, 1.165) is 30.5 Å². The molecule has 0 heterocycles. The zero-order valence-corrected chi connectivity index (χ0v) is 7.49. The van der Waals surface area contributed by atoms with Gasteiger partial charge in [-0.15, -0.1) is 0 Å². The Balaban J connectivity index is 2.05. The van der Waals surface area contributed by atoms with Crippen molar-refractivity contribution in [2.75, 3.05) is 0 Å². The van der Waals surface area contributed by atoms with Crippen LogP contribution in [0.3, 0.4) is 0 Å². The first-order valence-electron chi connectivity index (χ1n) is 4.51. The van der Waals surface area contributed by atoms with Gasteiger partial charge in [0, 0.05) is 12.8 Å². The molecule has 1 aliphatic carbocycles. The Hall–Kier alpha value is -0.955. The van der Waals surface area contributed by atoms with E-state index < -0.39 is 5.72 Å². The van der Waals surface area contributed by atoms with E-state index in [4.69, 9.17) is 18.3 Å². The molecule has 2 radical (unpaired) electrons. The molecule has 0 saturated heterocycles. The quantitative estimate of drug-likeness (QED) is 0.527. The average molecular weight is 173 g/mol. The van der Waals surface area contributed by atoms with Crippen molar-refractivity contribution < 1.29 is 4.74 Å². The molecule has 0 bridgehead atoms. The maximum absolute atomic E-state index is 5.92. The van der Waals surface area contributed by atoms with Crippen LogP contribution < -0.4 is 15.9 Å². The zero-order valence-electron chi connectivity index (χ0n) is 7.49. The third kappa shape index (κ3) is 1.86. The first kappa shape index (κ1) is 8.63. The van der Waals surface area contributed by atoms with Gasteiger partial charge < -0.3 is 4.74 Å². The number of ether oxygens (including phenoxy) is 1. The van der Waals surface area contributed by atoms with E-state index in [1.165, 1.54) is 0 Å². The van der Waals surface area contributed by atoms with Crippen molar-refractivity contribution in [2.45, 2.75) is 25.0 Å². The van der Waals surface area contributed by atoms with Gasteiger partial charge in [-0.25, -0.2) is 0 Å². The van der Waals surface area contributed by atoms with Gasteiger partial charge in [-0.05, 0) is 18.6 Å². The molecule has 0 aliphatic heterocycles. The van der Waals surface area contributed by atoms with Gasteiger partial charge in [0.2, 0.25) is 0 Å². The molecule has 0 aromatic heterocycles. The molecule has 66 valence electrons. The van der Waals surface area contributed by atoms with Gasteiger partial charge in [0.1, 0.15) is 13.6 Å². The Morgan fingerprint density at radius 2 is 1.85 bits per heavy atom. The number of hydrogen-bond acceptors (Lipinski definition) is 2. The number of benzene rings is 1. The standard InChI is InChI=1S/C10H12BNO/c11-8-2-4-9(5-3-8)13-10(12)6-1-7-10/h2-5H,1,6-7,12H2. The van der Waals surface area contributed by atoms with Crippen molar-refractivity contribution in [3.05, 3.63) is 24.3 Å². The van der Waals surface area contributed by atoms with E-state index in [2.05, 4.69) is 0 Å². The van der Waals surface area contributed by atoms with Crippen molar-refractivity contribution >= 4 is 13.3 Å². The van der Waals surface area contributed by atoms with E-state index in [-0.39, 0.29) is 0 Å². The van der Waals surface area contributed by atoms with Gasteiger partial charge in [-0.2, -0.15) is 0 Å². The van der Waals surface area contributed by atoms with Gasteiger partial charge in [-0.3, -0.25) is 5.73 Å². The van der Waals surface area contributed by atoms with Crippen LogP contribution in [0.1, 0.15) is 19.3 Å². The number of nitrogens with two attached hydrogens (primary N) is 1. The van der Waals surface area contributed by atoms with Crippen molar-refractivity contribution in [3.63, 3.8) is 0 Å². The van der Waals surface area contributed by atoms with Gasteiger partial charge in [0.15, 0.2) is 5.72 Å². The average Bonchev–Trinajstić information content (AvgIpc) is 2.06. The Labute approximate surface area is 79.5 Å². The summed E-state index contributed by atoms with van der Waals surface area (Å²) in [6, 6.07) is 7.33. The van der Waals surface area contributed by atoms with Crippen LogP contribution in [0, 0.1) is 0 Å². The van der Waals surface area contributed by atoms with Gasteiger partial charge in [0.25, 0.3) is 0 Å². The van der Waals surface area contributed by atoms with Crippen molar-refractivity contribution in [1.29, 1.82) is 0 Å². The highest BCUT2D eigenvalue weighted by molar-refractivity contribution is 6.32. The minimum atomic E-state index is -0.421. The highest BCUT2D eigenvalue weighted by Gasteiger charge is 2.34. The fourth-order valence-corrected chi connectivity index (χ4v) is 1.40. The van der Waals surface area contributed by atoms with Crippen LogP contribution in [0.25, 0.3) is 0 Å².